The van der Waals surface area contributed by atoms with Crippen LogP contribution in [0.1, 0.15) is 18.5 Å². The highest BCUT2D eigenvalue weighted by molar-refractivity contribution is 6.08. The second-order valence-electron chi connectivity index (χ2n) is 6.20. The smallest absolute Gasteiger partial charge is 0.290 e. The minimum absolute atomic E-state index is 0.0444. The van der Waals surface area contributed by atoms with E-state index >= 15 is 0 Å². The molecule has 1 aromatic rings. The third kappa shape index (κ3) is 3.43. The van der Waals surface area contributed by atoms with Gasteiger partial charge in [0, 0.05) is 31.7 Å². The van der Waals surface area contributed by atoms with E-state index in [1.54, 1.807) is 12.1 Å². The quantitative estimate of drug-likeness (QED) is 0.872. The SMILES string of the molecule is CC(=O)C1=C(O)C(=O)N(CCN2CCOCC2)C1c1ccccc1F. The molecule has 0 bridgehead atoms. The lowest BCUT2D eigenvalue weighted by molar-refractivity contribution is -0.129. The number of Topliss-reactive ketones (excluding diaryl/α,β-unsaturated/α-hetero) is 1. The van der Waals surface area contributed by atoms with E-state index in [2.05, 4.69) is 4.90 Å². The lowest BCUT2D eigenvalue weighted by atomic mass is 9.96. The van der Waals surface area contributed by atoms with Gasteiger partial charge in [-0.05, 0) is 13.0 Å². The summed E-state index contributed by atoms with van der Waals surface area (Å²) in [4.78, 5) is 28.0. The van der Waals surface area contributed by atoms with E-state index in [9.17, 15) is 19.1 Å². The van der Waals surface area contributed by atoms with Crippen LogP contribution in [0.3, 0.4) is 0 Å². The Morgan fingerprint density at radius 2 is 1.96 bits per heavy atom. The number of amides is 1. The number of hydrogen-bond donors (Lipinski definition) is 1. The van der Waals surface area contributed by atoms with Crippen molar-refractivity contribution < 1.29 is 23.8 Å². The summed E-state index contributed by atoms with van der Waals surface area (Å²) < 4.78 is 19.6. The van der Waals surface area contributed by atoms with Crippen LogP contribution in [0.25, 0.3) is 0 Å². The first-order chi connectivity index (χ1) is 12.0. The molecule has 7 heteroatoms. The van der Waals surface area contributed by atoms with E-state index < -0.39 is 29.3 Å². The molecule has 3 rings (SSSR count). The van der Waals surface area contributed by atoms with Gasteiger partial charge in [0.1, 0.15) is 5.82 Å². The second kappa shape index (κ2) is 7.33. The van der Waals surface area contributed by atoms with E-state index in [-0.39, 0.29) is 11.1 Å². The Morgan fingerprint density at radius 1 is 1.28 bits per heavy atom. The van der Waals surface area contributed by atoms with Crippen LogP contribution in [-0.4, -0.2) is 66.0 Å². The molecule has 2 aliphatic rings. The van der Waals surface area contributed by atoms with Gasteiger partial charge >= 0.3 is 0 Å². The number of rotatable bonds is 5. The van der Waals surface area contributed by atoms with Gasteiger partial charge in [-0.2, -0.15) is 0 Å². The van der Waals surface area contributed by atoms with Crippen molar-refractivity contribution in [3.63, 3.8) is 0 Å². The molecule has 6 nitrogen and oxygen atoms in total. The van der Waals surface area contributed by atoms with Crippen LogP contribution < -0.4 is 0 Å². The van der Waals surface area contributed by atoms with Crippen molar-refractivity contribution in [1.82, 2.24) is 9.80 Å². The number of aliphatic hydroxyl groups is 1. The fourth-order valence-corrected chi connectivity index (χ4v) is 3.34. The van der Waals surface area contributed by atoms with Gasteiger partial charge in [-0.15, -0.1) is 0 Å². The standard InChI is InChI=1S/C18H21FN2O4/c1-12(22)15-16(13-4-2-3-5-14(13)19)21(18(24)17(15)23)7-6-20-8-10-25-11-9-20/h2-5,16,23H,6-11H2,1H3. The molecule has 2 aliphatic heterocycles. The summed E-state index contributed by atoms with van der Waals surface area (Å²) in [6.45, 7) is 4.91. The van der Waals surface area contributed by atoms with Crippen LogP contribution in [0.4, 0.5) is 4.39 Å². The molecule has 1 aromatic carbocycles. The monoisotopic (exact) mass is 348 g/mol. The highest BCUT2D eigenvalue weighted by atomic mass is 19.1. The molecule has 2 heterocycles. The number of nitrogens with zero attached hydrogens (tertiary/aromatic N) is 2. The maximum atomic E-state index is 14.3. The van der Waals surface area contributed by atoms with Gasteiger partial charge in [0.25, 0.3) is 5.91 Å². The molecular formula is C18H21FN2O4. The van der Waals surface area contributed by atoms with Gasteiger partial charge in [0.05, 0.1) is 24.8 Å². The minimum atomic E-state index is -0.896. The Bertz CT molecular complexity index is 713. The predicted octanol–water partition coefficient (Wildman–Crippen LogP) is 1.44. The number of halogens is 1. The molecule has 0 aliphatic carbocycles. The zero-order chi connectivity index (χ0) is 18.0. The van der Waals surface area contributed by atoms with Crippen molar-refractivity contribution in [2.75, 3.05) is 39.4 Å². The summed E-state index contributed by atoms with van der Waals surface area (Å²) in [6.07, 6.45) is 0. The molecule has 1 N–H and O–H groups in total. The molecule has 1 fully saturated rings. The van der Waals surface area contributed by atoms with Crippen molar-refractivity contribution in [3.05, 3.63) is 47.0 Å². The van der Waals surface area contributed by atoms with Crippen molar-refractivity contribution in [2.45, 2.75) is 13.0 Å². The van der Waals surface area contributed by atoms with Gasteiger partial charge in [-0.1, -0.05) is 18.2 Å². The number of carbonyl (C=O) groups excluding carboxylic acids is 2. The highest BCUT2D eigenvalue weighted by Crippen LogP contribution is 2.38. The fourth-order valence-electron chi connectivity index (χ4n) is 3.34. The number of aliphatic hydroxyl groups excluding tert-OH is 1. The average molecular weight is 348 g/mol. The molecule has 1 amide bonds. The molecule has 1 atom stereocenters. The first kappa shape index (κ1) is 17.6. The molecule has 0 aromatic heterocycles. The van der Waals surface area contributed by atoms with E-state index in [0.717, 1.165) is 13.1 Å². The second-order valence-corrected chi connectivity index (χ2v) is 6.20. The number of ether oxygens (including phenoxy) is 1. The Hall–Kier alpha value is -2.25. The maximum Gasteiger partial charge on any atom is 0.290 e. The number of carbonyl (C=O) groups is 2. The Labute approximate surface area is 145 Å². The average Bonchev–Trinajstić information content (AvgIpc) is 2.85. The van der Waals surface area contributed by atoms with E-state index in [4.69, 9.17) is 4.74 Å². The number of ketones is 1. The number of benzene rings is 1. The number of hydrogen-bond acceptors (Lipinski definition) is 5. The van der Waals surface area contributed by atoms with Crippen LogP contribution in [0.2, 0.25) is 0 Å². The molecule has 0 radical (unpaired) electrons. The molecule has 1 saturated heterocycles. The molecular weight excluding hydrogens is 327 g/mol. The van der Waals surface area contributed by atoms with Gasteiger partial charge in [-0.25, -0.2) is 4.39 Å². The summed E-state index contributed by atoms with van der Waals surface area (Å²) in [5.74, 6) is -2.16. The molecule has 134 valence electrons. The van der Waals surface area contributed by atoms with E-state index in [0.29, 0.717) is 26.3 Å². The Morgan fingerprint density at radius 3 is 2.60 bits per heavy atom. The van der Waals surface area contributed by atoms with Crippen LogP contribution in [0, 0.1) is 5.82 Å². The summed E-state index contributed by atoms with van der Waals surface area (Å²) in [5.41, 5.74) is 0.171. The van der Waals surface area contributed by atoms with Gasteiger partial charge in [0.2, 0.25) is 0 Å². The van der Waals surface area contributed by atoms with Crippen molar-refractivity contribution in [1.29, 1.82) is 0 Å². The van der Waals surface area contributed by atoms with Crippen molar-refractivity contribution in [3.8, 4) is 0 Å². The van der Waals surface area contributed by atoms with E-state index in [1.165, 1.54) is 24.0 Å². The normalized spacial score (nSPS) is 21.9. The molecule has 0 spiro atoms. The van der Waals surface area contributed by atoms with Crippen LogP contribution >= 0.6 is 0 Å². The van der Waals surface area contributed by atoms with Crippen molar-refractivity contribution in [2.24, 2.45) is 0 Å². The molecule has 0 saturated carbocycles. The third-order valence-electron chi connectivity index (χ3n) is 4.64. The number of morpholine rings is 1. The summed E-state index contributed by atoms with van der Waals surface area (Å²) in [6, 6.07) is 5.12. The van der Waals surface area contributed by atoms with Crippen LogP contribution in [-0.2, 0) is 14.3 Å². The fraction of sp³-hybridized carbons (Fsp3) is 0.444. The first-order valence-electron chi connectivity index (χ1n) is 8.30. The lowest BCUT2D eigenvalue weighted by Crippen LogP contribution is -2.43. The van der Waals surface area contributed by atoms with Crippen LogP contribution in [0.5, 0.6) is 0 Å². The van der Waals surface area contributed by atoms with Crippen LogP contribution in [0.15, 0.2) is 35.6 Å². The molecule has 25 heavy (non-hydrogen) atoms. The van der Waals surface area contributed by atoms with E-state index in [1.807, 2.05) is 0 Å². The topological polar surface area (TPSA) is 70.1 Å². The minimum Gasteiger partial charge on any atom is -0.503 e. The summed E-state index contributed by atoms with van der Waals surface area (Å²) in [5, 5.41) is 10.2. The zero-order valence-electron chi connectivity index (χ0n) is 14.1. The first-order valence-corrected chi connectivity index (χ1v) is 8.30. The molecule has 1 unspecified atom stereocenters. The highest BCUT2D eigenvalue weighted by Gasteiger charge is 2.43. The maximum absolute atomic E-state index is 14.3. The van der Waals surface area contributed by atoms with Crippen molar-refractivity contribution >= 4 is 11.7 Å². The van der Waals surface area contributed by atoms with Gasteiger partial charge in [0.15, 0.2) is 11.5 Å². The van der Waals surface area contributed by atoms with Gasteiger partial charge < -0.3 is 14.7 Å². The zero-order valence-corrected chi connectivity index (χ0v) is 14.1. The summed E-state index contributed by atoms with van der Waals surface area (Å²) in [7, 11) is 0. The Balaban J connectivity index is 1.88. The lowest BCUT2D eigenvalue weighted by Gasteiger charge is -2.31. The Kier molecular flexibility index (Phi) is 5.15. The largest absolute Gasteiger partial charge is 0.503 e. The third-order valence-corrected chi connectivity index (χ3v) is 4.64. The van der Waals surface area contributed by atoms with Gasteiger partial charge in [-0.3, -0.25) is 14.5 Å². The summed E-state index contributed by atoms with van der Waals surface area (Å²) >= 11 is 0. The predicted molar refractivity (Wildman–Crippen MR) is 88.4 cm³/mol.